The van der Waals surface area contributed by atoms with Crippen molar-refractivity contribution < 1.29 is 18.7 Å². The van der Waals surface area contributed by atoms with Crippen molar-refractivity contribution in [3.63, 3.8) is 0 Å². The Morgan fingerprint density at radius 2 is 1.73 bits per heavy atom. The van der Waals surface area contributed by atoms with E-state index in [4.69, 9.17) is 9.15 Å². The molecule has 154 valence electrons. The highest BCUT2D eigenvalue weighted by atomic mass is 16.5. The van der Waals surface area contributed by atoms with E-state index in [2.05, 4.69) is 20.6 Å². The lowest BCUT2D eigenvalue weighted by molar-refractivity contribution is 0.0944. The Balaban J connectivity index is 1.36. The number of furan rings is 1. The first-order valence-electron chi connectivity index (χ1n) is 9.68. The van der Waals surface area contributed by atoms with Crippen molar-refractivity contribution in [2.24, 2.45) is 0 Å². The van der Waals surface area contributed by atoms with Gasteiger partial charge in [0.05, 0.1) is 6.61 Å². The van der Waals surface area contributed by atoms with Crippen molar-refractivity contribution in [3.05, 3.63) is 76.3 Å². The predicted molar refractivity (Wildman–Crippen MR) is 108 cm³/mol. The molecular formula is C22H22N4O4. The van der Waals surface area contributed by atoms with Crippen LogP contribution in [0.25, 0.3) is 0 Å². The summed E-state index contributed by atoms with van der Waals surface area (Å²) in [7, 11) is 0. The number of amides is 2. The van der Waals surface area contributed by atoms with Gasteiger partial charge >= 0.3 is 0 Å². The molecule has 0 fully saturated rings. The van der Waals surface area contributed by atoms with Gasteiger partial charge < -0.3 is 19.8 Å². The highest BCUT2D eigenvalue weighted by Crippen LogP contribution is 2.25. The number of nitrogens with zero attached hydrogens (tertiary/aromatic N) is 2. The first-order valence-corrected chi connectivity index (χ1v) is 9.68. The third-order valence-corrected chi connectivity index (χ3v) is 4.92. The number of nitrogens with one attached hydrogen (secondary N) is 2. The molecule has 0 bridgehead atoms. The van der Waals surface area contributed by atoms with E-state index in [-0.39, 0.29) is 23.2 Å². The molecule has 3 heterocycles. The quantitative estimate of drug-likeness (QED) is 0.651. The Morgan fingerprint density at radius 3 is 2.43 bits per heavy atom. The van der Waals surface area contributed by atoms with Gasteiger partial charge in [0.15, 0.2) is 0 Å². The lowest BCUT2D eigenvalue weighted by atomic mass is 10.1. The molecule has 0 radical (unpaired) electrons. The van der Waals surface area contributed by atoms with Gasteiger partial charge in [-0.05, 0) is 37.1 Å². The molecule has 2 amide bonds. The number of rotatable bonds is 6. The summed E-state index contributed by atoms with van der Waals surface area (Å²) in [5.41, 5.74) is 3.28. The number of benzene rings is 1. The third kappa shape index (κ3) is 4.32. The third-order valence-electron chi connectivity index (χ3n) is 4.92. The molecule has 8 heteroatoms. The second-order valence-electron chi connectivity index (χ2n) is 7.13. The zero-order valence-electron chi connectivity index (χ0n) is 16.8. The number of carbonyl (C=O) groups excluding carboxylic acids is 2. The van der Waals surface area contributed by atoms with Gasteiger partial charge in [-0.3, -0.25) is 9.59 Å². The molecular weight excluding hydrogens is 384 g/mol. The summed E-state index contributed by atoms with van der Waals surface area (Å²) >= 11 is 0. The van der Waals surface area contributed by atoms with Crippen LogP contribution in [0.1, 0.15) is 49.2 Å². The largest absolute Gasteiger partial charge is 0.493 e. The summed E-state index contributed by atoms with van der Waals surface area (Å²) in [6.45, 7) is 5.06. The van der Waals surface area contributed by atoms with Gasteiger partial charge in [0.1, 0.15) is 35.0 Å². The standard InChI is InChI=1S/C22H22N4O4/c1-13-7-17(14(2)30-13)11-24-22(28)19-9-18(25-12-26-19)21(27)23-10-15-3-4-20-16(8-15)5-6-29-20/h3-4,7-9,12H,5-6,10-11H2,1-2H3,(H,23,27)(H,24,28). The first-order chi connectivity index (χ1) is 14.5. The van der Waals surface area contributed by atoms with Crippen LogP contribution in [0.4, 0.5) is 0 Å². The summed E-state index contributed by atoms with van der Waals surface area (Å²) in [6.07, 6.45) is 2.09. The summed E-state index contributed by atoms with van der Waals surface area (Å²) in [6, 6.07) is 9.12. The molecule has 3 aromatic rings. The van der Waals surface area contributed by atoms with Gasteiger partial charge in [-0.25, -0.2) is 9.97 Å². The molecule has 4 rings (SSSR count). The average Bonchev–Trinajstić information content (AvgIpc) is 3.35. The van der Waals surface area contributed by atoms with Gasteiger partial charge in [0.2, 0.25) is 0 Å². The second-order valence-corrected chi connectivity index (χ2v) is 7.13. The van der Waals surface area contributed by atoms with E-state index in [1.54, 1.807) is 0 Å². The molecule has 0 saturated carbocycles. The van der Waals surface area contributed by atoms with Gasteiger partial charge in [-0.15, -0.1) is 0 Å². The number of carbonyl (C=O) groups is 2. The zero-order chi connectivity index (χ0) is 21.1. The molecule has 2 aromatic heterocycles. The maximum Gasteiger partial charge on any atom is 0.270 e. The van der Waals surface area contributed by atoms with E-state index in [0.717, 1.165) is 40.4 Å². The number of aryl methyl sites for hydroxylation is 2. The van der Waals surface area contributed by atoms with E-state index in [1.165, 1.54) is 12.4 Å². The van der Waals surface area contributed by atoms with E-state index >= 15 is 0 Å². The smallest absolute Gasteiger partial charge is 0.270 e. The molecule has 0 unspecified atom stereocenters. The lowest BCUT2D eigenvalue weighted by Gasteiger charge is -2.08. The van der Waals surface area contributed by atoms with Gasteiger partial charge in [0.25, 0.3) is 11.8 Å². The average molecular weight is 406 g/mol. The Hall–Kier alpha value is -3.68. The Bertz CT molecular complexity index is 1110. The van der Waals surface area contributed by atoms with Crippen molar-refractivity contribution in [3.8, 4) is 5.75 Å². The predicted octanol–water partition coefficient (Wildman–Crippen LogP) is 2.48. The van der Waals surface area contributed by atoms with Crippen LogP contribution in [0.5, 0.6) is 5.75 Å². The van der Waals surface area contributed by atoms with Crippen LogP contribution in [-0.2, 0) is 19.5 Å². The molecule has 1 aliphatic heterocycles. The number of hydrogen-bond donors (Lipinski definition) is 2. The molecule has 0 spiro atoms. The number of fused-ring (bicyclic) bond motifs is 1. The van der Waals surface area contributed by atoms with Crippen LogP contribution >= 0.6 is 0 Å². The van der Waals surface area contributed by atoms with Crippen molar-refractivity contribution in [1.82, 2.24) is 20.6 Å². The Labute approximate surface area is 173 Å². The molecule has 30 heavy (non-hydrogen) atoms. The van der Waals surface area contributed by atoms with E-state index in [9.17, 15) is 9.59 Å². The van der Waals surface area contributed by atoms with Crippen molar-refractivity contribution in [2.45, 2.75) is 33.4 Å². The fourth-order valence-electron chi connectivity index (χ4n) is 3.35. The second kappa shape index (κ2) is 8.36. The van der Waals surface area contributed by atoms with Gasteiger partial charge in [-0.1, -0.05) is 12.1 Å². The van der Waals surface area contributed by atoms with Crippen molar-refractivity contribution in [1.29, 1.82) is 0 Å². The number of hydrogen-bond acceptors (Lipinski definition) is 6. The number of ether oxygens (including phenoxy) is 1. The fraction of sp³-hybridized carbons (Fsp3) is 0.273. The lowest BCUT2D eigenvalue weighted by Crippen LogP contribution is -2.27. The summed E-state index contributed by atoms with van der Waals surface area (Å²) in [5, 5.41) is 5.61. The minimum absolute atomic E-state index is 0.127. The minimum Gasteiger partial charge on any atom is -0.493 e. The highest BCUT2D eigenvalue weighted by molar-refractivity contribution is 5.97. The molecule has 1 aliphatic rings. The van der Waals surface area contributed by atoms with E-state index in [1.807, 2.05) is 38.1 Å². The van der Waals surface area contributed by atoms with E-state index < -0.39 is 0 Å². The van der Waals surface area contributed by atoms with Crippen molar-refractivity contribution >= 4 is 11.8 Å². The van der Waals surface area contributed by atoms with Gasteiger partial charge in [0, 0.05) is 31.1 Å². The highest BCUT2D eigenvalue weighted by Gasteiger charge is 2.15. The van der Waals surface area contributed by atoms with Gasteiger partial charge in [-0.2, -0.15) is 0 Å². The normalized spacial score (nSPS) is 12.2. The Kier molecular flexibility index (Phi) is 5.47. The monoisotopic (exact) mass is 406 g/mol. The fourth-order valence-corrected chi connectivity index (χ4v) is 3.35. The molecule has 1 aromatic carbocycles. The zero-order valence-corrected chi connectivity index (χ0v) is 16.8. The molecule has 0 atom stereocenters. The van der Waals surface area contributed by atoms with Crippen molar-refractivity contribution in [2.75, 3.05) is 6.61 Å². The summed E-state index contributed by atoms with van der Waals surface area (Å²) in [4.78, 5) is 32.9. The topological polar surface area (TPSA) is 106 Å². The summed E-state index contributed by atoms with van der Waals surface area (Å²) in [5.74, 6) is 1.69. The number of aromatic nitrogens is 2. The minimum atomic E-state index is -0.386. The van der Waals surface area contributed by atoms with Crippen LogP contribution in [0.15, 0.2) is 41.1 Å². The maximum atomic E-state index is 12.5. The first kappa shape index (κ1) is 19.6. The molecule has 8 nitrogen and oxygen atoms in total. The van der Waals surface area contributed by atoms with Crippen LogP contribution in [0, 0.1) is 13.8 Å². The molecule has 0 saturated heterocycles. The van der Waals surface area contributed by atoms with Crippen LogP contribution in [0.3, 0.4) is 0 Å². The SMILES string of the molecule is Cc1cc(CNC(=O)c2cc(C(=O)NCc3ccc4c(c3)CCO4)ncn2)c(C)o1. The maximum absolute atomic E-state index is 12.5. The van der Waals surface area contributed by atoms with E-state index in [0.29, 0.717) is 19.7 Å². The summed E-state index contributed by atoms with van der Waals surface area (Å²) < 4.78 is 10.9. The molecule has 0 aliphatic carbocycles. The van der Waals surface area contributed by atoms with Crippen LogP contribution in [-0.4, -0.2) is 28.4 Å². The van der Waals surface area contributed by atoms with Crippen LogP contribution < -0.4 is 15.4 Å². The Morgan fingerprint density at radius 1 is 1.00 bits per heavy atom. The molecule has 2 N–H and O–H groups in total. The van der Waals surface area contributed by atoms with Crippen LogP contribution in [0.2, 0.25) is 0 Å².